The van der Waals surface area contributed by atoms with Gasteiger partial charge in [-0.3, -0.25) is 0 Å². The van der Waals surface area contributed by atoms with Gasteiger partial charge in [-0.1, -0.05) is 38.0 Å². The van der Waals surface area contributed by atoms with Crippen molar-refractivity contribution in [2.45, 2.75) is 39.5 Å². The highest BCUT2D eigenvalue weighted by Gasteiger charge is 2.34. The van der Waals surface area contributed by atoms with Crippen LogP contribution < -0.4 is 10.2 Å². The molecule has 19 heavy (non-hydrogen) atoms. The van der Waals surface area contributed by atoms with Gasteiger partial charge in [-0.2, -0.15) is 0 Å². The highest BCUT2D eigenvalue weighted by molar-refractivity contribution is 5.46. The fourth-order valence-corrected chi connectivity index (χ4v) is 3.34. The predicted molar refractivity (Wildman–Crippen MR) is 83.8 cm³/mol. The number of rotatable bonds is 7. The number of hydrogen-bond acceptors (Lipinski definition) is 2. The Morgan fingerprint density at radius 2 is 1.79 bits per heavy atom. The van der Waals surface area contributed by atoms with E-state index in [0.29, 0.717) is 5.41 Å². The molecule has 1 aromatic rings. The van der Waals surface area contributed by atoms with Crippen LogP contribution in [0.5, 0.6) is 0 Å². The first-order chi connectivity index (χ1) is 9.29. The van der Waals surface area contributed by atoms with Crippen molar-refractivity contribution in [2.24, 2.45) is 5.41 Å². The standard InChI is InChI=1S/C17H28N2/c1-3-18-14-17(12-8-9-13-17)15-19(4-2)16-10-6-5-7-11-16/h5-7,10-11,18H,3-4,8-9,12-15H2,1-2H3. The first-order valence-electron chi connectivity index (χ1n) is 7.80. The average Bonchev–Trinajstić information content (AvgIpc) is 2.93. The molecule has 2 rings (SSSR count). The summed E-state index contributed by atoms with van der Waals surface area (Å²) >= 11 is 0. The van der Waals surface area contributed by atoms with Gasteiger partial charge in [-0.05, 0) is 38.4 Å². The van der Waals surface area contributed by atoms with Crippen molar-refractivity contribution < 1.29 is 0 Å². The van der Waals surface area contributed by atoms with Crippen molar-refractivity contribution in [3.05, 3.63) is 30.3 Å². The van der Waals surface area contributed by atoms with Crippen molar-refractivity contribution in [3.8, 4) is 0 Å². The molecule has 0 aliphatic heterocycles. The summed E-state index contributed by atoms with van der Waals surface area (Å²) in [6.07, 6.45) is 5.56. The van der Waals surface area contributed by atoms with Crippen molar-refractivity contribution in [3.63, 3.8) is 0 Å². The van der Waals surface area contributed by atoms with Crippen molar-refractivity contribution in [1.29, 1.82) is 0 Å². The van der Waals surface area contributed by atoms with E-state index in [1.807, 2.05) is 0 Å². The molecule has 0 aromatic heterocycles. The minimum absolute atomic E-state index is 0.488. The summed E-state index contributed by atoms with van der Waals surface area (Å²) in [5, 5.41) is 3.59. The number of para-hydroxylation sites is 1. The van der Waals surface area contributed by atoms with E-state index in [2.05, 4.69) is 54.4 Å². The average molecular weight is 260 g/mol. The van der Waals surface area contributed by atoms with Gasteiger partial charge in [0.05, 0.1) is 0 Å². The molecule has 2 heteroatoms. The molecule has 1 saturated carbocycles. The summed E-state index contributed by atoms with van der Waals surface area (Å²) in [4.78, 5) is 2.54. The minimum Gasteiger partial charge on any atom is -0.371 e. The maximum Gasteiger partial charge on any atom is 0.0366 e. The van der Waals surface area contributed by atoms with E-state index < -0.39 is 0 Å². The molecule has 0 amide bonds. The van der Waals surface area contributed by atoms with Gasteiger partial charge >= 0.3 is 0 Å². The molecule has 106 valence electrons. The molecular weight excluding hydrogens is 232 g/mol. The third-order valence-corrected chi connectivity index (χ3v) is 4.44. The molecule has 1 aliphatic carbocycles. The van der Waals surface area contributed by atoms with E-state index in [1.54, 1.807) is 0 Å². The van der Waals surface area contributed by atoms with Crippen LogP contribution in [0.3, 0.4) is 0 Å². The van der Waals surface area contributed by atoms with Crippen molar-refractivity contribution in [1.82, 2.24) is 5.32 Å². The van der Waals surface area contributed by atoms with Gasteiger partial charge in [0.1, 0.15) is 0 Å². The van der Waals surface area contributed by atoms with Gasteiger partial charge in [0, 0.05) is 30.7 Å². The molecule has 0 radical (unpaired) electrons. The van der Waals surface area contributed by atoms with Crippen LogP contribution in [0.4, 0.5) is 5.69 Å². The van der Waals surface area contributed by atoms with Gasteiger partial charge in [-0.15, -0.1) is 0 Å². The smallest absolute Gasteiger partial charge is 0.0366 e. The third-order valence-electron chi connectivity index (χ3n) is 4.44. The highest BCUT2D eigenvalue weighted by atomic mass is 15.1. The molecule has 0 saturated heterocycles. The summed E-state index contributed by atoms with van der Waals surface area (Å²) in [6.45, 7) is 9.02. The predicted octanol–water partition coefficient (Wildman–Crippen LogP) is 3.68. The molecular formula is C17H28N2. The zero-order valence-electron chi connectivity index (χ0n) is 12.5. The first kappa shape index (κ1) is 14.4. The molecule has 0 unspecified atom stereocenters. The number of nitrogens with zero attached hydrogens (tertiary/aromatic N) is 1. The Hall–Kier alpha value is -1.02. The van der Waals surface area contributed by atoms with Gasteiger partial charge in [-0.25, -0.2) is 0 Å². The zero-order valence-corrected chi connectivity index (χ0v) is 12.5. The summed E-state index contributed by atoms with van der Waals surface area (Å²) < 4.78 is 0. The van der Waals surface area contributed by atoms with E-state index in [-0.39, 0.29) is 0 Å². The van der Waals surface area contributed by atoms with Crippen LogP contribution in [0.2, 0.25) is 0 Å². The Bertz CT molecular complexity index is 355. The highest BCUT2D eigenvalue weighted by Crippen LogP contribution is 2.39. The maximum absolute atomic E-state index is 3.59. The quantitative estimate of drug-likeness (QED) is 0.804. The lowest BCUT2D eigenvalue weighted by molar-refractivity contribution is 0.286. The van der Waals surface area contributed by atoms with Crippen LogP contribution in [0.15, 0.2) is 30.3 Å². The van der Waals surface area contributed by atoms with Crippen LogP contribution in [-0.4, -0.2) is 26.2 Å². The number of hydrogen-bond donors (Lipinski definition) is 1. The van der Waals surface area contributed by atoms with Gasteiger partial charge in [0.2, 0.25) is 0 Å². The normalized spacial score (nSPS) is 17.6. The molecule has 0 spiro atoms. The van der Waals surface area contributed by atoms with Crippen molar-refractivity contribution >= 4 is 5.69 Å². The van der Waals surface area contributed by atoms with E-state index >= 15 is 0 Å². The molecule has 0 atom stereocenters. The molecule has 2 nitrogen and oxygen atoms in total. The second-order valence-electron chi connectivity index (χ2n) is 5.84. The van der Waals surface area contributed by atoms with E-state index in [9.17, 15) is 0 Å². The summed E-state index contributed by atoms with van der Waals surface area (Å²) in [5.41, 5.74) is 1.86. The second-order valence-corrected chi connectivity index (χ2v) is 5.84. The van der Waals surface area contributed by atoms with E-state index in [1.165, 1.54) is 44.5 Å². The zero-order chi connectivity index (χ0) is 13.6. The monoisotopic (exact) mass is 260 g/mol. The lowest BCUT2D eigenvalue weighted by atomic mass is 9.85. The Morgan fingerprint density at radius 1 is 1.11 bits per heavy atom. The molecule has 0 bridgehead atoms. The van der Waals surface area contributed by atoms with Gasteiger partial charge in [0.15, 0.2) is 0 Å². The summed E-state index contributed by atoms with van der Waals surface area (Å²) in [6, 6.07) is 10.9. The van der Waals surface area contributed by atoms with Crippen LogP contribution >= 0.6 is 0 Å². The molecule has 1 aliphatic rings. The topological polar surface area (TPSA) is 15.3 Å². The maximum atomic E-state index is 3.59. The Balaban J connectivity index is 2.06. The Morgan fingerprint density at radius 3 is 2.37 bits per heavy atom. The van der Waals surface area contributed by atoms with Crippen LogP contribution in [-0.2, 0) is 0 Å². The summed E-state index contributed by atoms with van der Waals surface area (Å²) in [7, 11) is 0. The molecule has 0 heterocycles. The fraction of sp³-hybridized carbons (Fsp3) is 0.647. The van der Waals surface area contributed by atoms with Gasteiger partial charge in [0.25, 0.3) is 0 Å². The van der Waals surface area contributed by atoms with Crippen LogP contribution in [0, 0.1) is 5.41 Å². The number of benzene rings is 1. The first-order valence-corrected chi connectivity index (χ1v) is 7.80. The molecule has 1 fully saturated rings. The third kappa shape index (κ3) is 3.73. The van der Waals surface area contributed by atoms with Crippen LogP contribution in [0.25, 0.3) is 0 Å². The van der Waals surface area contributed by atoms with Crippen LogP contribution in [0.1, 0.15) is 39.5 Å². The minimum atomic E-state index is 0.488. The SMILES string of the molecule is CCNCC1(CN(CC)c2ccccc2)CCCC1. The second kappa shape index (κ2) is 6.95. The van der Waals surface area contributed by atoms with E-state index in [0.717, 1.165) is 13.1 Å². The van der Waals surface area contributed by atoms with Crippen molar-refractivity contribution in [2.75, 3.05) is 31.1 Å². The lowest BCUT2D eigenvalue weighted by Gasteiger charge is -2.36. The molecule has 1 aromatic carbocycles. The lowest BCUT2D eigenvalue weighted by Crippen LogP contribution is -2.42. The number of anilines is 1. The Kier molecular flexibility index (Phi) is 5.26. The largest absolute Gasteiger partial charge is 0.371 e. The summed E-state index contributed by atoms with van der Waals surface area (Å²) in [5.74, 6) is 0. The Labute approximate surface area is 118 Å². The fourth-order valence-electron chi connectivity index (χ4n) is 3.34. The van der Waals surface area contributed by atoms with Gasteiger partial charge < -0.3 is 10.2 Å². The number of nitrogens with one attached hydrogen (secondary N) is 1. The van der Waals surface area contributed by atoms with E-state index in [4.69, 9.17) is 0 Å². The molecule has 1 N–H and O–H groups in total.